The van der Waals surface area contributed by atoms with Crippen molar-refractivity contribution in [2.24, 2.45) is 5.73 Å². The maximum Gasteiger partial charge on any atom is 0.307 e. The van der Waals surface area contributed by atoms with Crippen molar-refractivity contribution < 1.29 is 14.3 Å². The molecule has 1 aromatic rings. The lowest BCUT2D eigenvalue weighted by atomic mass is 10.3. The molecule has 1 heterocycles. The number of nitrogens with one attached hydrogen (secondary N) is 1. The molecule has 92 valence electrons. The third-order valence-corrected chi connectivity index (χ3v) is 1.86. The highest BCUT2D eigenvalue weighted by atomic mass is 16.5. The maximum atomic E-state index is 11.1. The first-order chi connectivity index (χ1) is 8.15. The number of nitrogens with two attached hydrogens (primary N) is 1. The lowest BCUT2D eigenvalue weighted by Gasteiger charge is -2.07. The van der Waals surface area contributed by atoms with Crippen LogP contribution in [0.5, 0.6) is 0 Å². The zero-order chi connectivity index (χ0) is 12.7. The van der Waals surface area contributed by atoms with Crippen molar-refractivity contribution in [1.82, 2.24) is 9.97 Å². The third kappa shape index (κ3) is 4.06. The number of carbonyl (C=O) groups excluding carboxylic acids is 2. The van der Waals surface area contributed by atoms with Gasteiger partial charge in [-0.05, 0) is 6.92 Å². The number of ether oxygens (including phenoxy) is 1. The molecule has 0 aliphatic carbocycles. The van der Waals surface area contributed by atoms with Gasteiger partial charge < -0.3 is 15.8 Å². The predicted octanol–water partition coefficient (Wildman–Crippen LogP) is -0.0594. The van der Waals surface area contributed by atoms with Crippen molar-refractivity contribution >= 4 is 17.7 Å². The van der Waals surface area contributed by atoms with E-state index in [9.17, 15) is 9.59 Å². The van der Waals surface area contributed by atoms with E-state index in [1.165, 1.54) is 12.4 Å². The Balaban J connectivity index is 2.52. The Kier molecular flexibility index (Phi) is 4.86. The number of hydrogen-bond donors (Lipinski definition) is 2. The summed E-state index contributed by atoms with van der Waals surface area (Å²) in [5, 5.41) is 2.81. The number of nitrogens with zero attached hydrogens (tertiary/aromatic N) is 2. The summed E-state index contributed by atoms with van der Waals surface area (Å²) in [5.41, 5.74) is 5.17. The molecule has 3 N–H and O–H groups in total. The second-order valence-electron chi connectivity index (χ2n) is 3.10. The molecular formula is C10H14N4O3. The van der Waals surface area contributed by atoms with Crippen LogP contribution in [0, 0.1) is 0 Å². The topological polar surface area (TPSA) is 107 Å². The van der Waals surface area contributed by atoms with Crippen LogP contribution in [0.4, 0.5) is 5.82 Å². The van der Waals surface area contributed by atoms with E-state index < -0.39 is 5.91 Å². The number of hydrogen-bond acceptors (Lipinski definition) is 6. The Hall–Kier alpha value is -2.18. The molecule has 0 aromatic carbocycles. The van der Waals surface area contributed by atoms with Crippen molar-refractivity contribution in [3.05, 3.63) is 18.1 Å². The average molecular weight is 238 g/mol. The number of primary amides is 1. The molecule has 7 nitrogen and oxygen atoms in total. The monoisotopic (exact) mass is 238 g/mol. The van der Waals surface area contributed by atoms with Crippen LogP contribution in [-0.4, -0.2) is 35.0 Å². The van der Waals surface area contributed by atoms with Gasteiger partial charge in [0.2, 0.25) is 0 Å². The molecule has 0 aliphatic rings. The molecule has 0 unspecified atom stereocenters. The lowest BCUT2D eigenvalue weighted by molar-refractivity contribution is -0.142. The molecule has 1 amide bonds. The summed E-state index contributed by atoms with van der Waals surface area (Å²) in [6.45, 7) is 2.38. The van der Waals surface area contributed by atoms with E-state index in [1.807, 2.05) is 0 Å². The number of aromatic nitrogens is 2. The Bertz CT molecular complexity index is 408. The van der Waals surface area contributed by atoms with Crippen LogP contribution in [0.15, 0.2) is 12.4 Å². The minimum atomic E-state index is -0.670. The average Bonchev–Trinajstić information content (AvgIpc) is 2.30. The van der Waals surface area contributed by atoms with Gasteiger partial charge in [-0.1, -0.05) is 0 Å². The largest absolute Gasteiger partial charge is 0.466 e. The fraction of sp³-hybridized carbons (Fsp3) is 0.400. The molecular weight excluding hydrogens is 224 g/mol. The van der Waals surface area contributed by atoms with Gasteiger partial charge in [-0.2, -0.15) is 0 Å². The summed E-state index contributed by atoms with van der Waals surface area (Å²) in [5.74, 6) is -0.717. The summed E-state index contributed by atoms with van der Waals surface area (Å²) in [6.07, 6.45) is 2.98. The first-order valence-corrected chi connectivity index (χ1v) is 5.15. The van der Waals surface area contributed by atoms with Crippen molar-refractivity contribution in [2.75, 3.05) is 18.5 Å². The van der Waals surface area contributed by atoms with Gasteiger partial charge in [0.25, 0.3) is 5.91 Å². The predicted molar refractivity (Wildman–Crippen MR) is 60.3 cm³/mol. The molecule has 1 aromatic heterocycles. The smallest absolute Gasteiger partial charge is 0.307 e. The number of anilines is 1. The molecule has 0 fully saturated rings. The highest BCUT2D eigenvalue weighted by Gasteiger charge is 2.10. The van der Waals surface area contributed by atoms with Crippen LogP contribution in [-0.2, 0) is 9.53 Å². The normalized spacial score (nSPS) is 9.71. The van der Waals surface area contributed by atoms with Gasteiger partial charge in [-0.25, -0.2) is 9.97 Å². The number of amides is 1. The minimum Gasteiger partial charge on any atom is -0.466 e. The SMILES string of the molecule is CCOC(=O)CCNc1nccnc1C(N)=O. The van der Waals surface area contributed by atoms with Crippen LogP contribution in [0.2, 0.25) is 0 Å². The van der Waals surface area contributed by atoms with Gasteiger partial charge >= 0.3 is 5.97 Å². The third-order valence-electron chi connectivity index (χ3n) is 1.86. The molecule has 0 spiro atoms. The molecule has 0 saturated heterocycles. The summed E-state index contributed by atoms with van der Waals surface area (Å²) in [6, 6.07) is 0. The summed E-state index contributed by atoms with van der Waals surface area (Å²) < 4.78 is 4.75. The standard InChI is InChI=1S/C10H14N4O3/c1-2-17-7(15)3-4-13-10-8(9(11)16)12-5-6-14-10/h5-6H,2-4H2,1H3,(H2,11,16)(H,13,14). The van der Waals surface area contributed by atoms with Gasteiger partial charge in [-0.3, -0.25) is 9.59 Å². The Labute approximate surface area is 98.4 Å². The van der Waals surface area contributed by atoms with Crippen LogP contribution in [0.3, 0.4) is 0 Å². The van der Waals surface area contributed by atoms with E-state index in [4.69, 9.17) is 10.5 Å². The van der Waals surface area contributed by atoms with E-state index >= 15 is 0 Å². The number of esters is 1. The number of carbonyl (C=O) groups is 2. The van der Waals surface area contributed by atoms with Crippen LogP contribution < -0.4 is 11.1 Å². The first-order valence-electron chi connectivity index (χ1n) is 5.15. The van der Waals surface area contributed by atoms with E-state index in [1.54, 1.807) is 6.92 Å². The van der Waals surface area contributed by atoms with Gasteiger partial charge in [0.1, 0.15) is 0 Å². The van der Waals surface area contributed by atoms with Crippen molar-refractivity contribution in [1.29, 1.82) is 0 Å². The van der Waals surface area contributed by atoms with Crippen molar-refractivity contribution in [3.63, 3.8) is 0 Å². The molecule has 0 radical (unpaired) electrons. The van der Waals surface area contributed by atoms with Gasteiger partial charge in [0, 0.05) is 18.9 Å². The summed E-state index contributed by atoms with van der Waals surface area (Å²) in [4.78, 5) is 29.8. The maximum absolute atomic E-state index is 11.1. The van der Waals surface area contributed by atoms with E-state index in [0.29, 0.717) is 13.2 Å². The van der Waals surface area contributed by atoms with Gasteiger partial charge in [0.05, 0.1) is 13.0 Å². The van der Waals surface area contributed by atoms with Gasteiger partial charge in [0.15, 0.2) is 11.5 Å². The second kappa shape index (κ2) is 6.41. The molecule has 17 heavy (non-hydrogen) atoms. The lowest BCUT2D eigenvalue weighted by Crippen LogP contribution is -2.19. The second-order valence-corrected chi connectivity index (χ2v) is 3.10. The molecule has 0 bridgehead atoms. The van der Waals surface area contributed by atoms with Crippen LogP contribution in [0.25, 0.3) is 0 Å². The van der Waals surface area contributed by atoms with E-state index in [2.05, 4.69) is 15.3 Å². The molecule has 1 rings (SSSR count). The van der Waals surface area contributed by atoms with E-state index in [0.717, 1.165) is 0 Å². The highest BCUT2D eigenvalue weighted by Crippen LogP contribution is 2.06. The summed E-state index contributed by atoms with van der Waals surface area (Å²) >= 11 is 0. The van der Waals surface area contributed by atoms with E-state index in [-0.39, 0.29) is 23.9 Å². The van der Waals surface area contributed by atoms with Crippen molar-refractivity contribution in [2.45, 2.75) is 13.3 Å². The van der Waals surface area contributed by atoms with Crippen LogP contribution in [0.1, 0.15) is 23.8 Å². The molecule has 0 aliphatic heterocycles. The fourth-order valence-corrected chi connectivity index (χ4v) is 1.16. The zero-order valence-electron chi connectivity index (χ0n) is 9.47. The first kappa shape index (κ1) is 12.9. The Morgan fingerprint density at radius 2 is 2.12 bits per heavy atom. The fourth-order valence-electron chi connectivity index (χ4n) is 1.16. The molecule has 0 atom stereocenters. The number of rotatable bonds is 6. The van der Waals surface area contributed by atoms with Crippen molar-refractivity contribution in [3.8, 4) is 0 Å². The quantitative estimate of drug-likeness (QED) is 0.672. The Morgan fingerprint density at radius 3 is 2.76 bits per heavy atom. The molecule has 7 heteroatoms. The molecule has 0 saturated carbocycles. The van der Waals surface area contributed by atoms with Gasteiger partial charge in [-0.15, -0.1) is 0 Å². The minimum absolute atomic E-state index is 0.0522. The highest BCUT2D eigenvalue weighted by molar-refractivity contribution is 5.95. The summed E-state index contributed by atoms with van der Waals surface area (Å²) in [7, 11) is 0. The van der Waals surface area contributed by atoms with Crippen LogP contribution >= 0.6 is 0 Å². The zero-order valence-corrected chi connectivity index (χ0v) is 9.47. The Morgan fingerprint density at radius 1 is 1.41 bits per heavy atom.